The van der Waals surface area contributed by atoms with E-state index in [1.165, 1.54) is 12.1 Å². The van der Waals surface area contributed by atoms with Crippen molar-refractivity contribution in [2.24, 2.45) is 0 Å². The summed E-state index contributed by atoms with van der Waals surface area (Å²) in [7, 11) is 0. The fraction of sp³-hybridized carbons (Fsp3) is 0.417. The first kappa shape index (κ1) is 13.0. The molecule has 88 valence electrons. The molecule has 4 heteroatoms. The SMILES string of the molecule is Cc1ccc(F)c(C(=O)OC(C)(C)C)c1Cl. The number of benzene rings is 1. The van der Waals surface area contributed by atoms with Gasteiger partial charge in [-0.15, -0.1) is 0 Å². The summed E-state index contributed by atoms with van der Waals surface area (Å²) in [6.07, 6.45) is 0. The Kier molecular flexibility index (Phi) is 3.58. The van der Waals surface area contributed by atoms with Crippen LogP contribution in [0.3, 0.4) is 0 Å². The normalized spacial score (nSPS) is 11.4. The third-order valence-corrected chi connectivity index (χ3v) is 2.37. The summed E-state index contributed by atoms with van der Waals surface area (Å²) >= 11 is 5.88. The molecule has 0 fully saturated rings. The quantitative estimate of drug-likeness (QED) is 0.704. The van der Waals surface area contributed by atoms with Gasteiger partial charge in [0.05, 0.1) is 5.02 Å². The molecular formula is C12H14ClFO2. The minimum atomic E-state index is -0.737. The number of halogens is 2. The zero-order valence-corrected chi connectivity index (χ0v) is 10.5. The van der Waals surface area contributed by atoms with Crippen molar-refractivity contribution in [2.45, 2.75) is 33.3 Å². The molecule has 16 heavy (non-hydrogen) atoms. The first-order chi connectivity index (χ1) is 7.22. The zero-order chi connectivity index (χ0) is 12.5. The second-order valence-electron chi connectivity index (χ2n) is 4.56. The zero-order valence-electron chi connectivity index (χ0n) is 9.73. The molecule has 0 N–H and O–H groups in total. The van der Waals surface area contributed by atoms with E-state index in [1.54, 1.807) is 27.7 Å². The molecule has 0 radical (unpaired) electrons. The summed E-state index contributed by atoms with van der Waals surface area (Å²) in [4.78, 5) is 11.7. The van der Waals surface area contributed by atoms with Crippen LogP contribution in [0.2, 0.25) is 5.02 Å². The molecule has 1 aromatic rings. The van der Waals surface area contributed by atoms with Crippen LogP contribution in [0, 0.1) is 12.7 Å². The van der Waals surface area contributed by atoms with Gasteiger partial charge in [0.15, 0.2) is 0 Å². The van der Waals surface area contributed by atoms with Gasteiger partial charge in [-0.05, 0) is 39.3 Å². The van der Waals surface area contributed by atoms with Gasteiger partial charge < -0.3 is 4.74 Å². The van der Waals surface area contributed by atoms with Crippen LogP contribution in [0.4, 0.5) is 4.39 Å². The highest BCUT2D eigenvalue weighted by atomic mass is 35.5. The van der Waals surface area contributed by atoms with Crippen molar-refractivity contribution in [2.75, 3.05) is 0 Å². The highest BCUT2D eigenvalue weighted by molar-refractivity contribution is 6.34. The Morgan fingerprint density at radius 3 is 2.44 bits per heavy atom. The third-order valence-electron chi connectivity index (χ3n) is 1.89. The lowest BCUT2D eigenvalue weighted by Gasteiger charge is -2.20. The van der Waals surface area contributed by atoms with Crippen LogP contribution in [0.25, 0.3) is 0 Å². The Labute approximate surface area is 99.4 Å². The van der Waals surface area contributed by atoms with Crippen molar-refractivity contribution >= 4 is 17.6 Å². The minimum Gasteiger partial charge on any atom is -0.456 e. The van der Waals surface area contributed by atoms with Crippen molar-refractivity contribution in [3.05, 3.63) is 34.1 Å². The number of carbonyl (C=O) groups is 1. The number of aryl methyl sites for hydroxylation is 1. The molecule has 0 atom stereocenters. The molecule has 0 heterocycles. The van der Waals surface area contributed by atoms with Crippen LogP contribution in [0.15, 0.2) is 12.1 Å². The molecule has 0 saturated heterocycles. The largest absolute Gasteiger partial charge is 0.456 e. The van der Waals surface area contributed by atoms with Crippen LogP contribution in [0.5, 0.6) is 0 Å². The van der Waals surface area contributed by atoms with Crippen LogP contribution < -0.4 is 0 Å². The minimum absolute atomic E-state index is 0.106. The molecule has 0 aromatic heterocycles. The summed E-state index contributed by atoms with van der Waals surface area (Å²) in [6.45, 7) is 6.85. The molecule has 0 saturated carbocycles. The van der Waals surface area contributed by atoms with E-state index in [-0.39, 0.29) is 10.6 Å². The number of ether oxygens (including phenoxy) is 1. The van der Waals surface area contributed by atoms with Gasteiger partial charge in [-0.1, -0.05) is 17.7 Å². The fourth-order valence-electron chi connectivity index (χ4n) is 1.17. The first-order valence-electron chi connectivity index (χ1n) is 4.90. The molecule has 1 rings (SSSR count). The molecule has 0 amide bonds. The van der Waals surface area contributed by atoms with Crippen LogP contribution in [0.1, 0.15) is 36.7 Å². The van der Waals surface area contributed by atoms with E-state index in [0.717, 1.165) is 0 Å². The maximum Gasteiger partial charge on any atom is 0.343 e. The average Bonchev–Trinajstić information content (AvgIpc) is 2.09. The molecule has 0 aliphatic carbocycles. The van der Waals surface area contributed by atoms with Crippen molar-refractivity contribution in [3.63, 3.8) is 0 Å². The molecule has 0 aliphatic rings. The number of esters is 1. The fourth-order valence-corrected chi connectivity index (χ4v) is 1.40. The summed E-state index contributed by atoms with van der Waals surface area (Å²) in [5.41, 5.74) is -0.225. The lowest BCUT2D eigenvalue weighted by molar-refractivity contribution is 0.00649. The van der Waals surface area contributed by atoms with Gasteiger partial charge in [0, 0.05) is 0 Å². The van der Waals surface area contributed by atoms with Crippen molar-refractivity contribution in [3.8, 4) is 0 Å². The molecule has 1 aromatic carbocycles. The van der Waals surface area contributed by atoms with E-state index in [1.807, 2.05) is 0 Å². The van der Waals surface area contributed by atoms with Crippen LogP contribution in [-0.2, 0) is 4.74 Å². The van der Waals surface area contributed by atoms with E-state index < -0.39 is 17.4 Å². The predicted octanol–water partition coefficient (Wildman–Crippen LogP) is 3.74. The number of carbonyl (C=O) groups excluding carboxylic acids is 1. The van der Waals surface area contributed by atoms with E-state index in [9.17, 15) is 9.18 Å². The van der Waals surface area contributed by atoms with Crippen LogP contribution >= 0.6 is 11.6 Å². The topological polar surface area (TPSA) is 26.3 Å². The summed E-state index contributed by atoms with van der Waals surface area (Å²) in [5, 5.41) is 0.106. The lowest BCUT2D eigenvalue weighted by Crippen LogP contribution is -2.24. The highest BCUT2D eigenvalue weighted by Crippen LogP contribution is 2.25. The lowest BCUT2D eigenvalue weighted by atomic mass is 10.1. The van der Waals surface area contributed by atoms with Gasteiger partial charge in [-0.2, -0.15) is 0 Å². The van der Waals surface area contributed by atoms with Gasteiger partial charge in [0.1, 0.15) is 17.0 Å². The van der Waals surface area contributed by atoms with Crippen molar-refractivity contribution < 1.29 is 13.9 Å². The van der Waals surface area contributed by atoms with Gasteiger partial charge in [-0.25, -0.2) is 9.18 Å². The van der Waals surface area contributed by atoms with Gasteiger partial charge in [0.2, 0.25) is 0 Å². The van der Waals surface area contributed by atoms with Crippen molar-refractivity contribution in [1.82, 2.24) is 0 Å². The van der Waals surface area contributed by atoms with Gasteiger partial charge in [-0.3, -0.25) is 0 Å². The first-order valence-corrected chi connectivity index (χ1v) is 5.28. The summed E-state index contributed by atoms with van der Waals surface area (Å²) < 4.78 is 18.5. The number of rotatable bonds is 1. The summed E-state index contributed by atoms with van der Waals surface area (Å²) in [6, 6.07) is 2.73. The second-order valence-corrected chi connectivity index (χ2v) is 4.93. The van der Waals surface area contributed by atoms with E-state index in [2.05, 4.69) is 0 Å². The Bertz CT molecular complexity index is 422. The van der Waals surface area contributed by atoms with E-state index >= 15 is 0 Å². The number of hydrogen-bond acceptors (Lipinski definition) is 2. The molecular weight excluding hydrogens is 231 g/mol. The highest BCUT2D eigenvalue weighted by Gasteiger charge is 2.23. The number of hydrogen-bond donors (Lipinski definition) is 0. The van der Waals surface area contributed by atoms with Crippen molar-refractivity contribution in [1.29, 1.82) is 0 Å². The Morgan fingerprint density at radius 2 is 1.94 bits per heavy atom. The Balaban J connectivity index is 3.14. The molecule has 0 bridgehead atoms. The Hall–Kier alpha value is -1.09. The summed E-state index contributed by atoms with van der Waals surface area (Å²) in [5.74, 6) is -1.40. The Morgan fingerprint density at radius 1 is 1.38 bits per heavy atom. The second kappa shape index (κ2) is 4.42. The average molecular weight is 245 g/mol. The molecule has 0 aliphatic heterocycles. The predicted molar refractivity (Wildman–Crippen MR) is 61.3 cm³/mol. The van der Waals surface area contributed by atoms with Crippen LogP contribution in [-0.4, -0.2) is 11.6 Å². The van der Waals surface area contributed by atoms with Gasteiger partial charge in [0.25, 0.3) is 0 Å². The maximum atomic E-state index is 13.5. The molecule has 0 spiro atoms. The van der Waals surface area contributed by atoms with Gasteiger partial charge >= 0.3 is 5.97 Å². The standard InChI is InChI=1S/C12H14ClFO2/c1-7-5-6-8(14)9(10(7)13)11(15)16-12(2,3)4/h5-6H,1-4H3. The maximum absolute atomic E-state index is 13.5. The monoisotopic (exact) mass is 244 g/mol. The van der Waals surface area contributed by atoms with E-state index in [0.29, 0.717) is 5.56 Å². The third kappa shape index (κ3) is 2.95. The smallest absolute Gasteiger partial charge is 0.343 e. The molecule has 2 nitrogen and oxygen atoms in total. The van der Waals surface area contributed by atoms with E-state index in [4.69, 9.17) is 16.3 Å². The molecule has 0 unspecified atom stereocenters.